The number of benzene rings is 1. The van der Waals surface area contributed by atoms with Crippen LogP contribution in [0.3, 0.4) is 0 Å². The Kier molecular flexibility index (Phi) is 5.65. The summed E-state index contributed by atoms with van der Waals surface area (Å²) in [6.07, 6.45) is -4.34. The molecule has 0 aliphatic carbocycles. The molecular formula is C12H11ClF3N3O. The number of carbonyl (C=O) groups excluding carboxylic acids is 1. The maximum atomic E-state index is 12.6. The van der Waals surface area contributed by atoms with Crippen molar-refractivity contribution in [2.75, 3.05) is 18.4 Å². The number of amides is 1. The van der Waals surface area contributed by atoms with Gasteiger partial charge in [0.2, 0.25) is 5.91 Å². The maximum absolute atomic E-state index is 12.6. The van der Waals surface area contributed by atoms with Crippen LogP contribution in [0.5, 0.6) is 0 Å². The van der Waals surface area contributed by atoms with Gasteiger partial charge in [0.05, 0.1) is 24.6 Å². The van der Waals surface area contributed by atoms with Crippen molar-refractivity contribution in [2.24, 2.45) is 0 Å². The lowest BCUT2D eigenvalue weighted by Gasteiger charge is -2.11. The maximum Gasteiger partial charge on any atom is 0.416 e. The van der Waals surface area contributed by atoms with E-state index in [1.54, 1.807) is 0 Å². The molecule has 0 atom stereocenters. The third-order valence-corrected chi connectivity index (χ3v) is 2.46. The van der Waals surface area contributed by atoms with Crippen LogP contribution in [0.25, 0.3) is 0 Å². The highest BCUT2D eigenvalue weighted by molar-refractivity contribution is 6.30. The molecule has 0 radical (unpaired) electrons. The van der Waals surface area contributed by atoms with Crippen LogP contribution < -0.4 is 10.6 Å². The molecule has 108 valence electrons. The molecule has 0 bridgehead atoms. The molecule has 20 heavy (non-hydrogen) atoms. The second kappa shape index (κ2) is 7.01. The molecule has 1 amide bonds. The van der Waals surface area contributed by atoms with E-state index in [0.717, 1.165) is 12.1 Å². The first kappa shape index (κ1) is 16.1. The second-order valence-electron chi connectivity index (χ2n) is 3.84. The van der Waals surface area contributed by atoms with Crippen molar-refractivity contribution in [2.45, 2.75) is 12.6 Å². The number of nitriles is 1. The van der Waals surface area contributed by atoms with Gasteiger partial charge in [-0.2, -0.15) is 18.4 Å². The molecule has 1 rings (SSSR count). The number of halogens is 4. The Morgan fingerprint density at radius 3 is 2.65 bits per heavy atom. The fourth-order valence-electron chi connectivity index (χ4n) is 1.36. The monoisotopic (exact) mass is 305 g/mol. The minimum atomic E-state index is -4.50. The SMILES string of the molecule is N#CCCNC(=O)CNc1cc(Cl)cc(C(F)(F)F)c1. The second-order valence-corrected chi connectivity index (χ2v) is 4.27. The topological polar surface area (TPSA) is 64.9 Å². The third kappa shape index (κ3) is 5.36. The number of alkyl halides is 3. The lowest BCUT2D eigenvalue weighted by Crippen LogP contribution is -2.30. The van der Waals surface area contributed by atoms with Gasteiger partial charge in [-0.15, -0.1) is 0 Å². The van der Waals surface area contributed by atoms with Crippen LogP contribution in [-0.2, 0) is 11.0 Å². The number of carbonyl (C=O) groups is 1. The molecule has 0 aromatic heterocycles. The van der Waals surface area contributed by atoms with Gasteiger partial charge in [0.1, 0.15) is 0 Å². The van der Waals surface area contributed by atoms with Gasteiger partial charge in [-0.25, -0.2) is 0 Å². The minimum absolute atomic E-state index is 0.0767. The van der Waals surface area contributed by atoms with E-state index in [1.807, 2.05) is 6.07 Å². The Labute approximate surface area is 118 Å². The van der Waals surface area contributed by atoms with E-state index in [1.165, 1.54) is 6.07 Å². The lowest BCUT2D eigenvalue weighted by molar-refractivity contribution is -0.137. The quantitative estimate of drug-likeness (QED) is 0.822. The van der Waals surface area contributed by atoms with Crippen molar-refractivity contribution in [1.82, 2.24) is 5.32 Å². The van der Waals surface area contributed by atoms with E-state index in [0.29, 0.717) is 0 Å². The van der Waals surface area contributed by atoms with Crippen LogP contribution in [0.4, 0.5) is 18.9 Å². The zero-order chi connectivity index (χ0) is 15.2. The highest BCUT2D eigenvalue weighted by Gasteiger charge is 2.31. The van der Waals surface area contributed by atoms with Gasteiger partial charge in [-0.05, 0) is 18.2 Å². The first-order chi connectivity index (χ1) is 9.32. The van der Waals surface area contributed by atoms with Crippen LogP contribution in [-0.4, -0.2) is 19.0 Å². The smallest absolute Gasteiger partial charge is 0.376 e. The van der Waals surface area contributed by atoms with Crippen LogP contribution in [0, 0.1) is 11.3 Å². The highest BCUT2D eigenvalue weighted by Crippen LogP contribution is 2.33. The molecular weight excluding hydrogens is 295 g/mol. The van der Waals surface area contributed by atoms with Crippen LogP contribution in [0.2, 0.25) is 5.02 Å². The molecule has 0 saturated heterocycles. The minimum Gasteiger partial charge on any atom is -0.376 e. The number of nitrogens with zero attached hydrogens (tertiary/aromatic N) is 1. The standard InChI is InChI=1S/C12H11ClF3N3O/c13-9-4-8(12(14,15)16)5-10(6-9)19-7-11(20)18-3-1-2-17/h4-6,19H,1,3,7H2,(H,18,20). The summed E-state index contributed by atoms with van der Waals surface area (Å²) >= 11 is 5.60. The van der Waals surface area contributed by atoms with Crippen LogP contribution >= 0.6 is 11.6 Å². The average Bonchev–Trinajstić information content (AvgIpc) is 2.35. The van der Waals surface area contributed by atoms with Crippen molar-refractivity contribution in [3.63, 3.8) is 0 Å². The molecule has 1 aromatic rings. The van der Waals surface area contributed by atoms with Crippen molar-refractivity contribution < 1.29 is 18.0 Å². The van der Waals surface area contributed by atoms with Crippen LogP contribution in [0.1, 0.15) is 12.0 Å². The van der Waals surface area contributed by atoms with Gasteiger partial charge in [0.25, 0.3) is 0 Å². The Bertz CT molecular complexity index is 526. The summed E-state index contributed by atoms with van der Waals surface area (Å²) in [4.78, 5) is 11.3. The Morgan fingerprint density at radius 2 is 2.05 bits per heavy atom. The van der Waals surface area contributed by atoms with Gasteiger partial charge in [0, 0.05) is 17.3 Å². The summed E-state index contributed by atoms with van der Waals surface area (Å²) in [7, 11) is 0. The molecule has 4 nitrogen and oxygen atoms in total. The first-order valence-corrected chi connectivity index (χ1v) is 5.96. The summed E-state index contributed by atoms with van der Waals surface area (Å²) in [5, 5.41) is 13.2. The van der Waals surface area contributed by atoms with E-state index in [-0.39, 0.29) is 30.2 Å². The fraction of sp³-hybridized carbons (Fsp3) is 0.333. The van der Waals surface area contributed by atoms with Gasteiger partial charge in [-0.3, -0.25) is 4.79 Å². The summed E-state index contributed by atoms with van der Waals surface area (Å²) < 4.78 is 37.7. The molecule has 0 aliphatic rings. The molecule has 0 unspecified atom stereocenters. The molecule has 0 saturated carbocycles. The first-order valence-electron chi connectivity index (χ1n) is 5.58. The molecule has 8 heteroatoms. The Hall–Kier alpha value is -1.94. The normalized spacial score (nSPS) is 10.8. The molecule has 1 aromatic carbocycles. The van der Waals surface area contributed by atoms with Gasteiger partial charge in [-0.1, -0.05) is 11.6 Å². The van der Waals surface area contributed by atoms with Crippen molar-refractivity contribution in [1.29, 1.82) is 5.26 Å². The Morgan fingerprint density at radius 1 is 1.35 bits per heavy atom. The van der Waals surface area contributed by atoms with E-state index < -0.39 is 17.6 Å². The zero-order valence-corrected chi connectivity index (χ0v) is 11.0. The molecule has 0 spiro atoms. The predicted octanol–water partition coefficient (Wildman–Crippen LogP) is 2.80. The molecule has 0 aliphatic heterocycles. The average molecular weight is 306 g/mol. The Balaban J connectivity index is 2.63. The zero-order valence-electron chi connectivity index (χ0n) is 10.2. The molecule has 0 fully saturated rings. The number of hydrogen-bond acceptors (Lipinski definition) is 3. The summed E-state index contributed by atoms with van der Waals surface area (Å²) in [5.41, 5.74) is -0.794. The van der Waals surface area contributed by atoms with Crippen LogP contribution in [0.15, 0.2) is 18.2 Å². The van der Waals surface area contributed by atoms with E-state index in [4.69, 9.17) is 16.9 Å². The molecule has 0 heterocycles. The lowest BCUT2D eigenvalue weighted by atomic mass is 10.2. The van der Waals surface area contributed by atoms with E-state index in [9.17, 15) is 18.0 Å². The predicted molar refractivity (Wildman–Crippen MR) is 68.2 cm³/mol. The summed E-state index contributed by atoms with van der Waals surface area (Å²) in [5.74, 6) is -0.422. The van der Waals surface area contributed by atoms with E-state index >= 15 is 0 Å². The number of hydrogen-bond donors (Lipinski definition) is 2. The summed E-state index contributed by atoms with van der Waals surface area (Å²) in [6.45, 7) is -0.0105. The summed E-state index contributed by atoms with van der Waals surface area (Å²) in [6, 6.07) is 4.82. The molecule has 2 N–H and O–H groups in total. The number of anilines is 1. The van der Waals surface area contributed by atoms with Crippen molar-refractivity contribution >= 4 is 23.2 Å². The van der Waals surface area contributed by atoms with Crippen molar-refractivity contribution in [3.8, 4) is 6.07 Å². The number of nitrogens with one attached hydrogen (secondary N) is 2. The van der Waals surface area contributed by atoms with Gasteiger partial charge < -0.3 is 10.6 Å². The van der Waals surface area contributed by atoms with Gasteiger partial charge >= 0.3 is 6.18 Å². The van der Waals surface area contributed by atoms with E-state index in [2.05, 4.69) is 10.6 Å². The fourth-order valence-corrected chi connectivity index (χ4v) is 1.59. The third-order valence-electron chi connectivity index (χ3n) is 2.24. The number of rotatable bonds is 5. The highest BCUT2D eigenvalue weighted by atomic mass is 35.5. The largest absolute Gasteiger partial charge is 0.416 e. The van der Waals surface area contributed by atoms with Crippen molar-refractivity contribution in [3.05, 3.63) is 28.8 Å². The van der Waals surface area contributed by atoms with Gasteiger partial charge in [0.15, 0.2) is 0 Å².